The summed E-state index contributed by atoms with van der Waals surface area (Å²) in [5.74, 6) is -2.84. The van der Waals surface area contributed by atoms with Gasteiger partial charge in [0.25, 0.3) is 5.92 Å². The lowest BCUT2D eigenvalue weighted by Gasteiger charge is -2.19. The predicted molar refractivity (Wildman–Crippen MR) is 37.4 cm³/mol. The fourth-order valence-electron chi connectivity index (χ4n) is 1.88. The average molecular weight is 162 g/mol. The van der Waals surface area contributed by atoms with Crippen molar-refractivity contribution in [3.05, 3.63) is 0 Å². The van der Waals surface area contributed by atoms with E-state index in [1.165, 1.54) is 0 Å². The molecule has 2 fully saturated rings. The minimum atomic E-state index is -2.44. The Hall–Kier alpha value is -0.220. The van der Waals surface area contributed by atoms with E-state index in [0.29, 0.717) is 13.0 Å². The van der Waals surface area contributed by atoms with Crippen LogP contribution in [0.3, 0.4) is 0 Å². The van der Waals surface area contributed by atoms with E-state index in [4.69, 9.17) is 5.73 Å². The predicted octanol–water partition coefficient (Wildman–Crippen LogP) is 0.331. The summed E-state index contributed by atoms with van der Waals surface area (Å²) < 4.78 is 25.4. The number of nitrogens with one attached hydrogen (secondary N) is 1. The van der Waals surface area contributed by atoms with E-state index in [0.717, 1.165) is 6.42 Å². The van der Waals surface area contributed by atoms with Gasteiger partial charge >= 0.3 is 0 Å². The Morgan fingerprint density at radius 3 is 2.73 bits per heavy atom. The van der Waals surface area contributed by atoms with E-state index >= 15 is 0 Å². The minimum Gasteiger partial charge on any atom is -0.329 e. The Kier molecular flexibility index (Phi) is 1.44. The summed E-state index contributed by atoms with van der Waals surface area (Å²) in [6.07, 6.45) is 1.43. The Balaban J connectivity index is 1.97. The molecule has 1 saturated carbocycles. The van der Waals surface area contributed by atoms with Gasteiger partial charge in [0.2, 0.25) is 0 Å². The van der Waals surface area contributed by atoms with E-state index in [9.17, 15) is 8.78 Å². The molecule has 2 unspecified atom stereocenters. The Labute approximate surface area is 64.1 Å². The minimum absolute atomic E-state index is 0.115. The van der Waals surface area contributed by atoms with E-state index in [-0.39, 0.29) is 6.04 Å². The van der Waals surface area contributed by atoms with E-state index in [1.807, 2.05) is 0 Å². The van der Waals surface area contributed by atoms with Gasteiger partial charge in [-0.25, -0.2) is 8.78 Å². The largest absolute Gasteiger partial charge is 0.329 e. The first-order chi connectivity index (χ1) is 5.16. The van der Waals surface area contributed by atoms with E-state index in [2.05, 4.69) is 5.32 Å². The molecular formula is C7H12F2N2. The molecule has 1 aliphatic carbocycles. The molecule has 1 saturated heterocycles. The summed E-state index contributed by atoms with van der Waals surface area (Å²) in [5.41, 5.74) is 5.37. The summed E-state index contributed by atoms with van der Waals surface area (Å²) in [6.45, 7) is 0.472. The highest BCUT2D eigenvalue weighted by atomic mass is 19.3. The zero-order chi connectivity index (χ0) is 8.06. The fourth-order valence-corrected chi connectivity index (χ4v) is 1.88. The van der Waals surface area contributed by atoms with Crippen LogP contribution in [0.2, 0.25) is 0 Å². The van der Waals surface area contributed by atoms with Crippen molar-refractivity contribution < 1.29 is 8.78 Å². The molecule has 0 radical (unpaired) electrons. The van der Waals surface area contributed by atoms with Crippen molar-refractivity contribution in [2.75, 3.05) is 6.54 Å². The van der Waals surface area contributed by atoms with Crippen LogP contribution in [0.1, 0.15) is 12.8 Å². The highest BCUT2D eigenvalue weighted by Gasteiger charge is 2.69. The molecule has 0 aromatic heterocycles. The number of fused-ring (bicyclic) bond motifs is 1. The summed E-state index contributed by atoms with van der Waals surface area (Å²) in [4.78, 5) is 0. The number of hydrogen-bond donors (Lipinski definition) is 2. The summed E-state index contributed by atoms with van der Waals surface area (Å²) in [5, 5.41) is 2.86. The second-order valence-electron chi connectivity index (χ2n) is 3.44. The number of nitrogens with two attached hydrogens (primary N) is 1. The van der Waals surface area contributed by atoms with Gasteiger partial charge < -0.3 is 11.1 Å². The maximum absolute atomic E-state index is 12.7. The van der Waals surface area contributed by atoms with Crippen LogP contribution in [0.25, 0.3) is 0 Å². The van der Waals surface area contributed by atoms with Crippen molar-refractivity contribution >= 4 is 0 Å². The fraction of sp³-hybridized carbons (Fsp3) is 1.00. The van der Waals surface area contributed by atoms with Crippen molar-refractivity contribution in [2.45, 2.75) is 30.8 Å². The number of alkyl halides is 2. The maximum atomic E-state index is 12.7. The molecule has 0 aromatic rings. The van der Waals surface area contributed by atoms with Crippen molar-refractivity contribution in [3.8, 4) is 0 Å². The molecule has 1 heterocycles. The van der Waals surface area contributed by atoms with Crippen LogP contribution in [0, 0.1) is 5.92 Å². The lowest BCUT2D eigenvalue weighted by atomic mass is 10.1. The third-order valence-electron chi connectivity index (χ3n) is 2.73. The molecule has 0 aromatic carbocycles. The number of piperidine rings is 1. The third-order valence-corrected chi connectivity index (χ3v) is 2.73. The van der Waals surface area contributed by atoms with Crippen LogP contribution in [0.5, 0.6) is 0 Å². The van der Waals surface area contributed by atoms with Crippen LogP contribution in [-0.2, 0) is 0 Å². The Morgan fingerprint density at radius 1 is 1.45 bits per heavy atom. The molecule has 4 heteroatoms. The molecule has 1 aliphatic heterocycles. The molecular weight excluding hydrogens is 150 g/mol. The standard InChI is InChI=1S/C7H12F2N2/c8-7(9)5-2-1-4(3-10)11-6(5)7/h4-6,11H,1-3,10H2/t4-,5?,6?/m1/s1. The highest BCUT2D eigenvalue weighted by molar-refractivity contribution is 5.14. The van der Waals surface area contributed by atoms with Gasteiger partial charge in [-0.3, -0.25) is 0 Å². The third kappa shape index (κ3) is 0.964. The number of halogens is 2. The summed E-state index contributed by atoms with van der Waals surface area (Å²) in [7, 11) is 0. The molecule has 0 spiro atoms. The van der Waals surface area contributed by atoms with Crippen molar-refractivity contribution in [2.24, 2.45) is 11.7 Å². The first kappa shape index (κ1) is 7.43. The first-order valence-electron chi connectivity index (χ1n) is 4.00. The summed E-state index contributed by atoms with van der Waals surface area (Å²) >= 11 is 0. The normalized spacial score (nSPS) is 46.6. The molecule has 2 rings (SSSR count). The van der Waals surface area contributed by atoms with Gasteiger partial charge in [-0.15, -0.1) is 0 Å². The molecule has 0 bridgehead atoms. The van der Waals surface area contributed by atoms with E-state index < -0.39 is 17.9 Å². The smallest absolute Gasteiger partial charge is 0.268 e. The zero-order valence-electron chi connectivity index (χ0n) is 6.19. The van der Waals surface area contributed by atoms with Gasteiger partial charge in [-0.05, 0) is 12.8 Å². The van der Waals surface area contributed by atoms with Gasteiger partial charge in [0.15, 0.2) is 0 Å². The van der Waals surface area contributed by atoms with Crippen molar-refractivity contribution in [1.82, 2.24) is 5.32 Å². The Morgan fingerprint density at radius 2 is 2.18 bits per heavy atom. The van der Waals surface area contributed by atoms with Gasteiger partial charge in [-0.2, -0.15) is 0 Å². The van der Waals surface area contributed by atoms with Crippen LogP contribution in [0.15, 0.2) is 0 Å². The zero-order valence-corrected chi connectivity index (χ0v) is 6.19. The van der Waals surface area contributed by atoms with Crippen LogP contribution in [-0.4, -0.2) is 24.6 Å². The quantitative estimate of drug-likeness (QED) is 0.583. The van der Waals surface area contributed by atoms with Crippen LogP contribution in [0.4, 0.5) is 8.78 Å². The molecule has 2 nitrogen and oxygen atoms in total. The maximum Gasteiger partial charge on any atom is 0.268 e. The lowest BCUT2D eigenvalue weighted by molar-refractivity contribution is 0.0916. The Bertz CT molecular complexity index is 172. The second-order valence-corrected chi connectivity index (χ2v) is 3.44. The monoisotopic (exact) mass is 162 g/mol. The number of rotatable bonds is 1. The van der Waals surface area contributed by atoms with Crippen molar-refractivity contribution in [1.29, 1.82) is 0 Å². The lowest BCUT2D eigenvalue weighted by Crippen LogP contribution is -2.41. The topological polar surface area (TPSA) is 38.0 Å². The van der Waals surface area contributed by atoms with E-state index in [1.54, 1.807) is 0 Å². The second kappa shape index (κ2) is 2.14. The van der Waals surface area contributed by atoms with Crippen LogP contribution < -0.4 is 11.1 Å². The molecule has 3 N–H and O–H groups in total. The van der Waals surface area contributed by atoms with Crippen LogP contribution >= 0.6 is 0 Å². The molecule has 64 valence electrons. The molecule has 2 aliphatic rings. The molecule has 3 atom stereocenters. The summed E-state index contributed by atoms with van der Waals surface area (Å²) in [6, 6.07) is -0.450. The number of hydrogen-bond acceptors (Lipinski definition) is 2. The van der Waals surface area contributed by atoms with Gasteiger partial charge in [0, 0.05) is 18.5 Å². The highest BCUT2D eigenvalue weighted by Crippen LogP contribution is 2.53. The van der Waals surface area contributed by atoms with Crippen molar-refractivity contribution in [3.63, 3.8) is 0 Å². The SMILES string of the molecule is NC[C@H]1CCC2C(N1)C2(F)F. The average Bonchev–Trinajstić information content (AvgIpc) is 2.55. The molecule has 0 amide bonds. The first-order valence-corrected chi connectivity index (χ1v) is 4.00. The molecule has 11 heavy (non-hydrogen) atoms. The van der Waals surface area contributed by atoms with Gasteiger partial charge in [0.1, 0.15) is 0 Å². The van der Waals surface area contributed by atoms with Gasteiger partial charge in [-0.1, -0.05) is 0 Å². The van der Waals surface area contributed by atoms with Gasteiger partial charge in [0.05, 0.1) is 6.04 Å².